The summed E-state index contributed by atoms with van der Waals surface area (Å²) in [6.07, 6.45) is 2.92. The van der Waals surface area contributed by atoms with Crippen molar-refractivity contribution >= 4 is 51.6 Å². The number of nitrogens with zero attached hydrogens (tertiary/aromatic N) is 3. The van der Waals surface area contributed by atoms with Crippen molar-refractivity contribution in [3.8, 4) is 0 Å². The highest BCUT2D eigenvalue weighted by molar-refractivity contribution is 14.0. The maximum atomic E-state index is 4.72. The van der Waals surface area contributed by atoms with Crippen LogP contribution in [0.15, 0.2) is 52.1 Å². The Hall–Kier alpha value is -1.35. The molecule has 0 saturated carbocycles. The highest BCUT2D eigenvalue weighted by Gasteiger charge is 2.23. The van der Waals surface area contributed by atoms with Crippen LogP contribution in [0.5, 0.6) is 0 Å². The molecule has 5 nitrogen and oxygen atoms in total. The van der Waals surface area contributed by atoms with Crippen LogP contribution in [0, 0.1) is 6.92 Å². The van der Waals surface area contributed by atoms with Crippen LogP contribution >= 0.6 is 39.9 Å². The van der Waals surface area contributed by atoms with E-state index in [1.54, 1.807) is 0 Å². The van der Waals surface area contributed by atoms with Crippen molar-refractivity contribution in [2.24, 2.45) is 4.99 Å². The van der Waals surface area contributed by atoms with E-state index < -0.39 is 0 Å². The summed E-state index contributed by atoms with van der Waals surface area (Å²) in [5, 5.41) is 6.93. The molecule has 1 fully saturated rings. The maximum Gasteiger partial charge on any atom is 0.191 e. The summed E-state index contributed by atoms with van der Waals surface area (Å²) >= 11 is 3.50. The zero-order valence-electron chi connectivity index (χ0n) is 15.8. The second-order valence-electron chi connectivity index (χ2n) is 6.51. The predicted molar refractivity (Wildman–Crippen MR) is 127 cm³/mol. The van der Waals surface area contributed by atoms with Gasteiger partial charge in [-0.15, -0.1) is 24.0 Å². The molecule has 0 aliphatic carbocycles. The molecule has 2 aromatic rings. The molecule has 2 N–H and O–H groups in total. The van der Waals surface area contributed by atoms with Gasteiger partial charge in [0.1, 0.15) is 0 Å². The topological polar surface area (TPSA) is 52.6 Å². The molecule has 0 radical (unpaired) electrons. The van der Waals surface area contributed by atoms with Crippen LogP contribution in [-0.2, 0) is 6.54 Å². The van der Waals surface area contributed by atoms with Crippen molar-refractivity contribution in [2.45, 2.75) is 32.9 Å². The molecule has 1 aliphatic rings. The van der Waals surface area contributed by atoms with Gasteiger partial charge in [-0.1, -0.05) is 22.0 Å². The first kappa shape index (κ1) is 21.9. The third-order valence-electron chi connectivity index (χ3n) is 4.57. The summed E-state index contributed by atoms with van der Waals surface area (Å²) in [5.74, 6) is 0.861. The van der Waals surface area contributed by atoms with Gasteiger partial charge in [-0.05, 0) is 56.2 Å². The Balaban J connectivity index is 0.00000261. The van der Waals surface area contributed by atoms with Gasteiger partial charge in [0.2, 0.25) is 0 Å². The Kier molecular flexibility index (Phi) is 8.82. The minimum absolute atomic E-state index is 0. The monoisotopic (exact) mass is 543 g/mol. The van der Waals surface area contributed by atoms with Gasteiger partial charge < -0.3 is 15.5 Å². The number of benzene rings is 1. The Morgan fingerprint density at radius 3 is 2.78 bits per heavy atom. The molecule has 0 bridgehead atoms. The third-order valence-corrected chi connectivity index (χ3v) is 5.10. The fourth-order valence-electron chi connectivity index (χ4n) is 3.12. The number of hydrogen-bond acceptors (Lipinski definition) is 3. The Labute approximate surface area is 187 Å². The molecule has 0 amide bonds. The average Bonchev–Trinajstić information content (AvgIpc) is 3.10. The lowest BCUT2D eigenvalue weighted by Crippen LogP contribution is -2.44. The Morgan fingerprint density at radius 2 is 2.07 bits per heavy atom. The van der Waals surface area contributed by atoms with Gasteiger partial charge in [-0.25, -0.2) is 4.99 Å². The average molecular weight is 544 g/mol. The molecular weight excluding hydrogens is 517 g/mol. The lowest BCUT2D eigenvalue weighted by Gasteiger charge is -2.20. The second kappa shape index (κ2) is 10.8. The molecule has 3 rings (SSSR count). The number of rotatable bonds is 5. The fourth-order valence-corrected chi connectivity index (χ4v) is 3.38. The Morgan fingerprint density at radius 1 is 1.30 bits per heavy atom. The van der Waals surface area contributed by atoms with E-state index in [-0.39, 0.29) is 24.0 Å². The molecule has 2 heterocycles. The highest BCUT2D eigenvalue weighted by atomic mass is 127. The first-order valence-electron chi connectivity index (χ1n) is 9.11. The van der Waals surface area contributed by atoms with Crippen LogP contribution in [0.2, 0.25) is 0 Å². The van der Waals surface area contributed by atoms with Crippen LogP contribution in [-0.4, -0.2) is 36.6 Å². The number of halogens is 2. The van der Waals surface area contributed by atoms with Crippen LogP contribution in [0.1, 0.15) is 24.6 Å². The molecule has 1 atom stereocenters. The lowest BCUT2D eigenvalue weighted by atomic mass is 10.2. The van der Waals surface area contributed by atoms with Crippen molar-refractivity contribution in [3.05, 3.63) is 58.3 Å². The zero-order valence-corrected chi connectivity index (χ0v) is 19.7. The standard InChI is InChI=1S/C20H26BrN5.HI/c1-3-22-20(24-13-19-15(2)5-4-11-23-19)25-17-10-12-26(14-17)18-8-6-16(21)7-9-18;/h4-9,11,17H,3,10,12-14H2,1-2H3,(H2,22,24,25);1H. The van der Waals surface area contributed by atoms with Crippen LogP contribution in [0.3, 0.4) is 0 Å². The van der Waals surface area contributed by atoms with Gasteiger partial charge in [0, 0.05) is 42.0 Å². The molecule has 146 valence electrons. The van der Waals surface area contributed by atoms with Gasteiger partial charge in [0.15, 0.2) is 5.96 Å². The van der Waals surface area contributed by atoms with Crippen molar-refractivity contribution in [1.82, 2.24) is 15.6 Å². The van der Waals surface area contributed by atoms with Gasteiger partial charge in [0.25, 0.3) is 0 Å². The van der Waals surface area contributed by atoms with E-state index in [0.29, 0.717) is 12.6 Å². The summed E-state index contributed by atoms with van der Waals surface area (Å²) in [6, 6.07) is 12.9. The molecule has 27 heavy (non-hydrogen) atoms. The predicted octanol–water partition coefficient (Wildman–Crippen LogP) is 4.10. The molecule has 7 heteroatoms. The van der Waals surface area contributed by atoms with Crippen molar-refractivity contribution in [2.75, 3.05) is 24.5 Å². The smallest absolute Gasteiger partial charge is 0.191 e. The second-order valence-corrected chi connectivity index (χ2v) is 7.43. The minimum atomic E-state index is 0. The molecule has 0 spiro atoms. The number of pyridine rings is 1. The summed E-state index contributed by atoms with van der Waals surface area (Å²) in [6.45, 7) is 7.63. The number of nitrogens with one attached hydrogen (secondary N) is 2. The first-order chi connectivity index (χ1) is 12.7. The summed E-state index contributed by atoms with van der Waals surface area (Å²) in [7, 11) is 0. The molecule has 1 saturated heterocycles. The summed E-state index contributed by atoms with van der Waals surface area (Å²) in [5.41, 5.74) is 3.46. The molecule has 1 aliphatic heterocycles. The number of aliphatic imine (C=N–C) groups is 1. The van der Waals surface area contributed by atoms with E-state index in [1.165, 1.54) is 11.3 Å². The van der Waals surface area contributed by atoms with E-state index in [4.69, 9.17) is 4.99 Å². The normalized spacial score (nSPS) is 16.8. The van der Waals surface area contributed by atoms with Crippen LogP contribution in [0.4, 0.5) is 5.69 Å². The number of hydrogen-bond donors (Lipinski definition) is 2. The first-order valence-corrected chi connectivity index (χ1v) is 9.91. The summed E-state index contributed by atoms with van der Waals surface area (Å²) < 4.78 is 1.11. The van der Waals surface area contributed by atoms with Crippen molar-refractivity contribution in [1.29, 1.82) is 0 Å². The SMILES string of the molecule is CCNC(=NCc1ncccc1C)NC1CCN(c2ccc(Br)cc2)C1.I. The maximum absolute atomic E-state index is 4.72. The van der Waals surface area contributed by atoms with E-state index in [2.05, 4.69) is 80.6 Å². The largest absolute Gasteiger partial charge is 0.369 e. The van der Waals surface area contributed by atoms with E-state index in [1.807, 2.05) is 12.3 Å². The van der Waals surface area contributed by atoms with E-state index in [9.17, 15) is 0 Å². The van der Waals surface area contributed by atoms with Gasteiger partial charge in [-0.3, -0.25) is 4.98 Å². The van der Waals surface area contributed by atoms with Gasteiger partial charge in [-0.2, -0.15) is 0 Å². The number of aromatic nitrogens is 1. The van der Waals surface area contributed by atoms with Crippen molar-refractivity contribution < 1.29 is 0 Å². The molecule has 1 unspecified atom stereocenters. The van der Waals surface area contributed by atoms with Crippen molar-refractivity contribution in [3.63, 3.8) is 0 Å². The Bertz CT molecular complexity index is 750. The summed E-state index contributed by atoms with van der Waals surface area (Å²) in [4.78, 5) is 11.6. The fraction of sp³-hybridized carbons (Fsp3) is 0.400. The number of guanidine groups is 1. The third kappa shape index (κ3) is 6.34. The van der Waals surface area contributed by atoms with E-state index >= 15 is 0 Å². The highest BCUT2D eigenvalue weighted by Crippen LogP contribution is 2.22. The lowest BCUT2D eigenvalue weighted by molar-refractivity contribution is 0.648. The van der Waals surface area contributed by atoms with Gasteiger partial charge >= 0.3 is 0 Å². The molecular formula is C20H27BrIN5. The number of anilines is 1. The van der Waals surface area contributed by atoms with Gasteiger partial charge in [0.05, 0.1) is 12.2 Å². The van der Waals surface area contributed by atoms with Crippen LogP contribution < -0.4 is 15.5 Å². The zero-order chi connectivity index (χ0) is 18.4. The van der Waals surface area contributed by atoms with Crippen LogP contribution in [0.25, 0.3) is 0 Å². The minimum Gasteiger partial charge on any atom is -0.369 e. The number of aryl methyl sites for hydroxylation is 1. The molecule has 1 aromatic heterocycles. The quantitative estimate of drug-likeness (QED) is 0.338. The molecule has 1 aromatic carbocycles. The van der Waals surface area contributed by atoms with E-state index in [0.717, 1.165) is 42.2 Å².